The Labute approximate surface area is 107 Å². The lowest BCUT2D eigenvalue weighted by atomic mass is 10.2. The molecule has 0 saturated carbocycles. The number of ether oxygens (including phenoxy) is 1. The highest BCUT2D eigenvalue weighted by Gasteiger charge is 1.99. The van der Waals surface area contributed by atoms with E-state index in [-0.39, 0.29) is 0 Å². The molecular formula is C13H20N2OS. The minimum Gasteiger partial charge on any atom is -0.494 e. The smallest absolute Gasteiger partial charge is 0.123 e. The van der Waals surface area contributed by atoms with E-state index >= 15 is 0 Å². The minimum absolute atomic E-state index is 0.651. The number of nitrogens with one attached hydrogen (secondary N) is 1. The van der Waals surface area contributed by atoms with Crippen LogP contribution in [0.15, 0.2) is 30.9 Å². The Morgan fingerprint density at radius 2 is 2.29 bits per heavy atom. The van der Waals surface area contributed by atoms with Gasteiger partial charge in [0.1, 0.15) is 5.75 Å². The van der Waals surface area contributed by atoms with Gasteiger partial charge in [-0.3, -0.25) is 0 Å². The molecule has 0 aromatic heterocycles. The number of rotatable bonds is 8. The summed E-state index contributed by atoms with van der Waals surface area (Å²) in [6.45, 7) is 7.21. The predicted octanol–water partition coefficient (Wildman–Crippen LogP) is 3.00. The van der Waals surface area contributed by atoms with Crippen LogP contribution in [0.25, 0.3) is 0 Å². The molecule has 0 aliphatic carbocycles. The Morgan fingerprint density at radius 1 is 1.47 bits per heavy atom. The zero-order valence-corrected chi connectivity index (χ0v) is 11.1. The molecule has 1 rings (SSSR count). The fraction of sp³-hybridized carbons (Fsp3) is 0.385. The lowest BCUT2D eigenvalue weighted by Crippen LogP contribution is -2.05. The number of thioether (sulfide) groups is 1. The molecule has 0 aliphatic heterocycles. The van der Waals surface area contributed by atoms with Gasteiger partial charge in [0.2, 0.25) is 0 Å². The maximum Gasteiger partial charge on any atom is 0.123 e. The molecule has 3 N–H and O–H groups in total. The monoisotopic (exact) mass is 252 g/mol. The fourth-order valence-electron chi connectivity index (χ4n) is 1.41. The quantitative estimate of drug-likeness (QED) is 0.424. The van der Waals surface area contributed by atoms with Gasteiger partial charge in [0, 0.05) is 41.6 Å². The van der Waals surface area contributed by atoms with Gasteiger partial charge < -0.3 is 15.8 Å². The topological polar surface area (TPSA) is 47.3 Å². The van der Waals surface area contributed by atoms with Gasteiger partial charge in [-0.05, 0) is 13.0 Å². The maximum atomic E-state index is 5.80. The molecular weight excluding hydrogens is 232 g/mol. The average Bonchev–Trinajstić information content (AvgIpc) is 2.28. The first kappa shape index (κ1) is 13.8. The van der Waals surface area contributed by atoms with Gasteiger partial charge in [-0.2, -0.15) is 11.8 Å². The lowest BCUT2D eigenvalue weighted by molar-refractivity contribution is 0.340. The van der Waals surface area contributed by atoms with Gasteiger partial charge in [-0.25, -0.2) is 0 Å². The Hall–Kier alpha value is -1.29. The molecule has 94 valence electrons. The van der Waals surface area contributed by atoms with Gasteiger partial charge in [0.25, 0.3) is 0 Å². The van der Waals surface area contributed by atoms with E-state index < -0.39 is 0 Å². The number of anilines is 2. The third kappa shape index (κ3) is 5.54. The zero-order valence-electron chi connectivity index (χ0n) is 10.2. The molecule has 0 atom stereocenters. The van der Waals surface area contributed by atoms with Crippen LogP contribution in [0, 0.1) is 0 Å². The highest BCUT2D eigenvalue weighted by atomic mass is 32.2. The van der Waals surface area contributed by atoms with Gasteiger partial charge in [0.15, 0.2) is 0 Å². The number of benzene rings is 1. The first-order valence-electron chi connectivity index (χ1n) is 5.72. The van der Waals surface area contributed by atoms with Crippen LogP contribution in [0.1, 0.15) is 6.92 Å². The first-order valence-corrected chi connectivity index (χ1v) is 6.87. The summed E-state index contributed by atoms with van der Waals surface area (Å²) >= 11 is 1.85. The summed E-state index contributed by atoms with van der Waals surface area (Å²) in [5.74, 6) is 2.85. The molecule has 4 heteroatoms. The Kier molecular flexibility index (Phi) is 6.40. The summed E-state index contributed by atoms with van der Waals surface area (Å²) in [5, 5.41) is 3.33. The molecule has 0 spiro atoms. The largest absolute Gasteiger partial charge is 0.494 e. The van der Waals surface area contributed by atoms with Crippen LogP contribution in [0.4, 0.5) is 11.4 Å². The van der Waals surface area contributed by atoms with E-state index in [9.17, 15) is 0 Å². The second-order valence-electron chi connectivity index (χ2n) is 3.51. The molecule has 0 fully saturated rings. The second kappa shape index (κ2) is 7.90. The van der Waals surface area contributed by atoms with Crippen LogP contribution in [-0.4, -0.2) is 24.7 Å². The van der Waals surface area contributed by atoms with Crippen molar-refractivity contribution in [2.75, 3.05) is 35.7 Å². The third-order valence-corrected chi connectivity index (χ3v) is 3.02. The van der Waals surface area contributed by atoms with E-state index in [0.29, 0.717) is 6.61 Å². The van der Waals surface area contributed by atoms with E-state index in [1.54, 1.807) is 0 Å². The van der Waals surface area contributed by atoms with Gasteiger partial charge in [-0.1, -0.05) is 6.08 Å². The van der Waals surface area contributed by atoms with Crippen LogP contribution < -0.4 is 15.8 Å². The lowest BCUT2D eigenvalue weighted by Gasteiger charge is -2.10. The third-order valence-electron chi connectivity index (χ3n) is 2.05. The van der Waals surface area contributed by atoms with E-state index in [1.807, 2.05) is 43.0 Å². The summed E-state index contributed by atoms with van der Waals surface area (Å²) in [6.07, 6.45) is 1.92. The van der Waals surface area contributed by atoms with Crippen LogP contribution in [0.2, 0.25) is 0 Å². The van der Waals surface area contributed by atoms with Gasteiger partial charge >= 0.3 is 0 Å². The maximum absolute atomic E-state index is 5.80. The van der Waals surface area contributed by atoms with Crippen molar-refractivity contribution in [2.45, 2.75) is 6.92 Å². The molecule has 0 heterocycles. The molecule has 0 aliphatic rings. The fourth-order valence-corrected chi connectivity index (χ4v) is 1.99. The molecule has 1 aromatic rings. The Balaban J connectivity index is 2.43. The standard InChI is InChI=1S/C13H20N2OS/c1-3-6-17-7-5-15-12-8-11(14)9-13(10-12)16-4-2/h3,8-10,15H,1,4-7,14H2,2H3. The van der Waals surface area contributed by atoms with E-state index in [0.717, 1.165) is 35.2 Å². The molecule has 0 saturated heterocycles. The highest BCUT2D eigenvalue weighted by Crippen LogP contribution is 2.22. The first-order chi connectivity index (χ1) is 8.26. The summed E-state index contributed by atoms with van der Waals surface area (Å²) in [4.78, 5) is 0. The average molecular weight is 252 g/mol. The number of hydrogen-bond donors (Lipinski definition) is 2. The summed E-state index contributed by atoms with van der Waals surface area (Å²) in [6, 6.07) is 5.72. The van der Waals surface area contributed by atoms with Gasteiger partial charge in [0.05, 0.1) is 6.61 Å². The van der Waals surface area contributed by atoms with Crippen molar-refractivity contribution in [1.82, 2.24) is 0 Å². The van der Waals surface area contributed by atoms with Crippen molar-refractivity contribution in [2.24, 2.45) is 0 Å². The number of nitrogen functional groups attached to an aromatic ring is 1. The second-order valence-corrected chi connectivity index (χ2v) is 4.66. The van der Waals surface area contributed by atoms with Crippen molar-refractivity contribution < 1.29 is 4.74 Å². The summed E-state index contributed by atoms with van der Waals surface area (Å²) in [7, 11) is 0. The SMILES string of the molecule is C=CCSCCNc1cc(N)cc(OCC)c1. The molecule has 0 amide bonds. The van der Waals surface area contributed by atoms with Crippen molar-refractivity contribution >= 4 is 23.1 Å². The molecule has 0 unspecified atom stereocenters. The van der Waals surface area contributed by atoms with E-state index in [2.05, 4.69) is 11.9 Å². The Morgan fingerprint density at radius 3 is 3.00 bits per heavy atom. The van der Waals surface area contributed by atoms with Crippen molar-refractivity contribution in [3.05, 3.63) is 30.9 Å². The minimum atomic E-state index is 0.651. The van der Waals surface area contributed by atoms with E-state index in [1.165, 1.54) is 0 Å². The molecule has 0 radical (unpaired) electrons. The zero-order chi connectivity index (χ0) is 12.5. The van der Waals surface area contributed by atoms with Gasteiger partial charge in [-0.15, -0.1) is 6.58 Å². The summed E-state index contributed by atoms with van der Waals surface area (Å²) < 4.78 is 5.43. The molecule has 17 heavy (non-hydrogen) atoms. The van der Waals surface area contributed by atoms with Crippen LogP contribution >= 0.6 is 11.8 Å². The molecule has 3 nitrogen and oxygen atoms in total. The number of hydrogen-bond acceptors (Lipinski definition) is 4. The van der Waals surface area contributed by atoms with Crippen LogP contribution in [0.3, 0.4) is 0 Å². The van der Waals surface area contributed by atoms with Crippen molar-refractivity contribution in [1.29, 1.82) is 0 Å². The van der Waals surface area contributed by atoms with E-state index in [4.69, 9.17) is 10.5 Å². The van der Waals surface area contributed by atoms with Crippen LogP contribution in [0.5, 0.6) is 5.75 Å². The normalized spacial score (nSPS) is 9.94. The van der Waals surface area contributed by atoms with Crippen molar-refractivity contribution in [3.63, 3.8) is 0 Å². The number of nitrogens with two attached hydrogens (primary N) is 1. The highest BCUT2D eigenvalue weighted by molar-refractivity contribution is 7.99. The predicted molar refractivity (Wildman–Crippen MR) is 78.0 cm³/mol. The van der Waals surface area contributed by atoms with Crippen molar-refractivity contribution in [3.8, 4) is 5.75 Å². The molecule has 1 aromatic carbocycles. The molecule has 0 bridgehead atoms. The summed E-state index contributed by atoms with van der Waals surface area (Å²) in [5.41, 5.74) is 7.53. The van der Waals surface area contributed by atoms with Crippen LogP contribution in [-0.2, 0) is 0 Å². The Bertz CT molecular complexity index is 355.